The fraction of sp³-hybridized carbons (Fsp3) is 0. The van der Waals surface area contributed by atoms with E-state index in [2.05, 4.69) is 174 Å². The van der Waals surface area contributed by atoms with E-state index >= 15 is 0 Å². The maximum absolute atomic E-state index is 13.9. The van der Waals surface area contributed by atoms with Crippen LogP contribution in [0.4, 0.5) is 25.8 Å². The Morgan fingerprint density at radius 3 is 1.23 bits per heavy atom. The standard InChI is InChI=1S/C56H36F2N2/c57-41-23-31-44(32-24-41)59(45-33-25-42(58)26-34-45)43-27-18-37(19-28-43)40-22-35-54-52(36-40)47-12-8-9-17-53(47)60(54)46-29-20-39(21-30-46)56-50-15-6-4-13-48(50)55(38-10-2-1-3-11-38)49-14-5-7-16-51(49)56/h1-36H. The van der Waals surface area contributed by atoms with E-state index < -0.39 is 0 Å². The molecule has 0 atom stereocenters. The average Bonchev–Trinajstić information content (AvgIpc) is 3.64. The number of rotatable bonds is 7. The van der Waals surface area contributed by atoms with Crippen molar-refractivity contribution < 1.29 is 8.78 Å². The van der Waals surface area contributed by atoms with Crippen molar-refractivity contribution in [3.05, 3.63) is 230 Å². The quantitative estimate of drug-likeness (QED) is 0.146. The molecule has 0 aliphatic rings. The van der Waals surface area contributed by atoms with Gasteiger partial charge in [0.2, 0.25) is 0 Å². The molecule has 10 aromatic carbocycles. The molecule has 0 saturated carbocycles. The topological polar surface area (TPSA) is 8.17 Å². The summed E-state index contributed by atoms with van der Waals surface area (Å²) in [7, 11) is 0. The lowest BCUT2D eigenvalue weighted by Crippen LogP contribution is -2.09. The molecule has 2 nitrogen and oxygen atoms in total. The van der Waals surface area contributed by atoms with Gasteiger partial charge in [-0.3, -0.25) is 0 Å². The minimum Gasteiger partial charge on any atom is -0.310 e. The fourth-order valence-electron chi connectivity index (χ4n) is 8.99. The van der Waals surface area contributed by atoms with Gasteiger partial charge in [-0.2, -0.15) is 0 Å². The highest BCUT2D eigenvalue weighted by Crippen LogP contribution is 2.44. The number of hydrogen-bond donors (Lipinski definition) is 0. The van der Waals surface area contributed by atoms with Gasteiger partial charge in [-0.25, -0.2) is 8.78 Å². The molecule has 0 aliphatic heterocycles. The van der Waals surface area contributed by atoms with Crippen LogP contribution in [0.25, 0.3) is 82.4 Å². The van der Waals surface area contributed by atoms with Gasteiger partial charge in [0.05, 0.1) is 11.0 Å². The average molecular weight is 775 g/mol. The Morgan fingerprint density at radius 2 is 0.700 bits per heavy atom. The number of anilines is 3. The molecule has 11 rings (SSSR count). The molecule has 0 bridgehead atoms. The lowest BCUT2D eigenvalue weighted by Gasteiger charge is -2.25. The first-order chi connectivity index (χ1) is 29.6. The minimum atomic E-state index is -0.311. The van der Waals surface area contributed by atoms with E-state index in [1.165, 1.54) is 78.8 Å². The van der Waals surface area contributed by atoms with Crippen LogP contribution >= 0.6 is 0 Å². The summed E-state index contributed by atoms with van der Waals surface area (Å²) in [5.41, 5.74) is 12.9. The molecule has 0 amide bonds. The summed E-state index contributed by atoms with van der Waals surface area (Å²) in [6.45, 7) is 0. The van der Waals surface area contributed by atoms with Gasteiger partial charge in [0.15, 0.2) is 0 Å². The molecule has 1 aromatic heterocycles. The zero-order valence-corrected chi connectivity index (χ0v) is 32.4. The van der Waals surface area contributed by atoms with Gasteiger partial charge in [-0.1, -0.05) is 127 Å². The molecule has 0 spiro atoms. The second-order valence-corrected chi connectivity index (χ2v) is 15.2. The highest BCUT2D eigenvalue weighted by atomic mass is 19.1. The maximum Gasteiger partial charge on any atom is 0.123 e. The molecule has 0 fully saturated rings. The molecule has 0 N–H and O–H groups in total. The van der Waals surface area contributed by atoms with Gasteiger partial charge in [-0.05, 0) is 146 Å². The summed E-state index contributed by atoms with van der Waals surface area (Å²) in [4.78, 5) is 2.00. The van der Waals surface area contributed by atoms with Crippen molar-refractivity contribution in [1.82, 2.24) is 4.57 Å². The maximum atomic E-state index is 13.9. The number of aromatic nitrogens is 1. The third kappa shape index (κ3) is 6.00. The first-order valence-corrected chi connectivity index (χ1v) is 20.1. The van der Waals surface area contributed by atoms with Crippen molar-refractivity contribution in [2.45, 2.75) is 0 Å². The lowest BCUT2D eigenvalue weighted by molar-refractivity contribution is 0.628. The molecule has 0 unspecified atom stereocenters. The van der Waals surface area contributed by atoms with Gasteiger partial charge < -0.3 is 9.47 Å². The lowest BCUT2D eigenvalue weighted by atomic mass is 9.86. The highest BCUT2D eigenvalue weighted by Gasteiger charge is 2.19. The molecule has 0 radical (unpaired) electrons. The van der Waals surface area contributed by atoms with Crippen LogP contribution in [-0.4, -0.2) is 4.57 Å². The Labute approximate surface area is 346 Å². The van der Waals surface area contributed by atoms with E-state index in [1.807, 2.05) is 4.90 Å². The number of fused-ring (bicyclic) bond motifs is 5. The van der Waals surface area contributed by atoms with Crippen molar-refractivity contribution in [3.63, 3.8) is 0 Å². The molecular formula is C56H36F2N2. The number of benzene rings is 10. The van der Waals surface area contributed by atoms with E-state index in [4.69, 9.17) is 0 Å². The molecule has 4 heteroatoms. The van der Waals surface area contributed by atoms with E-state index in [0.29, 0.717) is 0 Å². The Hall–Kier alpha value is -7.82. The van der Waals surface area contributed by atoms with Crippen LogP contribution in [0.15, 0.2) is 218 Å². The molecule has 0 aliphatic carbocycles. The van der Waals surface area contributed by atoms with E-state index in [1.54, 1.807) is 24.3 Å². The predicted molar refractivity (Wildman–Crippen MR) is 247 cm³/mol. The van der Waals surface area contributed by atoms with Gasteiger partial charge in [0.25, 0.3) is 0 Å². The predicted octanol–water partition coefficient (Wildman–Crippen LogP) is 15.8. The summed E-state index contributed by atoms with van der Waals surface area (Å²) in [5, 5.41) is 7.31. The van der Waals surface area contributed by atoms with Crippen LogP contribution in [0.1, 0.15) is 0 Å². The minimum absolute atomic E-state index is 0.311. The van der Waals surface area contributed by atoms with Gasteiger partial charge in [0, 0.05) is 33.5 Å². The SMILES string of the molecule is Fc1ccc(N(c2ccc(F)cc2)c2ccc(-c3ccc4c(c3)c3ccccc3n4-c3ccc(-c4c5ccccc5c(-c5ccccc5)c5ccccc45)cc3)cc2)cc1. The summed E-state index contributed by atoms with van der Waals surface area (Å²) in [5.74, 6) is -0.622. The largest absolute Gasteiger partial charge is 0.310 e. The van der Waals surface area contributed by atoms with E-state index in [9.17, 15) is 8.78 Å². The first kappa shape index (κ1) is 35.4. The van der Waals surface area contributed by atoms with Crippen molar-refractivity contribution in [2.75, 3.05) is 4.90 Å². The third-order valence-corrected chi connectivity index (χ3v) is 11.7. The summed E-state index contributed by atoms with van der Waals surface area (Å²) >= 11 is 0. The zero-order chi connectivity index (χ0) is 40.2. The Kier molecular flexibility index (Phi) is 8.56. The smallest absolute Gasteiger partial charge is 0.123 e. The normalized spacial score (nSPS) is 11.5. The van der Waals surface area contributed by atoms with Gasteiger partial charge in [-0.15, -0.1) is 0 Å². The van der Waals surface area contributed by atoms with Crippen molar-refractivity contribution in [3.8, 4) is 39.1 Å². The Morgan fingerprint density at radius 1 is 0.300 bits per heavy atom. The highest BCUT2D eigenvalue weighted by molar-refractivity contribution is 6.21. The number of para-hydroxylation sites is 1. The third-order valence-electron chi connectivity index (χ3n) is 11.7. The second kappa shape index (κ2) is 14.5. The van der Waals surface area contributed by atoms with Crippen molar-refractivity contribution in [2.24, 2.45) is 0 Å². The number of hydrogen-bond acceptors (Lipinski definition) is 1. The fourth-order valence-corrected chi connectivity index (χ4v) is 8.99. The zero-order valence-electron chi connectivity index (χ0n) is 32.4. The summed E-state index contributed by atoms with van der Waals surface area (Å²) in [6, 6.07) is 73.6. The van der Waals surface area contributed by atoms with Crippen LogP contribution in [0, 0.1) is 11.6 Å². The molecule has 60 heavy (non-hydrogen) atoms. The van der Waals surface area contributed by atoms with Crippen LogP contribution in [0.3, 0.4) is 0 Å². The van der Waals surface area contributed by atoms with Crippen LogP contribution in [0.5, 0.6) is 0 Å². The van der Waals surface area contributed by atoms with E-state index in [0.717, 1.165) is 44.9 Å². The van der Waals surface area contributed by atoms with E-state index in [-0.39, 0.29) is 11.6 Å². The number of halogens is 2. The Balaban J connectivity index is 0.985. The van der Waals surface area contributed by atoms with Crippen molar-refractivity contribution >= 4 is 60.4 Å². The van der Waals surface area contributed by atoms with Crippen LogP contribution in [-0.2, 0) is 0 Å². The van der Waals surface area contributed by atoms with Gasteiger partial charge in [0.1, 0.15) is 11.6 Å². The summed E-state index contributed by atoms with van der Waals surface area (Å²) < 4.78 is 30.2. The van der Waals surface area contributed by atoms with Crippen molar-refractivity contribution in [1.29, 1.82) is 0 Å². The summed E-state index contributed by atoms with van der Waals surface area (Å²) in [6.07, 6.45) is 0. The van der Waals surface area contributed by atoms with Crippen LogP contribution < -0.4 is 4.90 Å². The molecule has 284 valence electrons. The second-order valence-electron chi connectivity index (χ2n) is 15.2. The molecule has 1 heterocycles. The van der Waals surface area contributed by atoms with Gasteiger partial charge >= 0.3 is 0 Å². The molecule has 0 saturated heterocycles. The van der Waals surface area contributed by atoms with Crippen LogP contribution in [0.2, 0.25) is 0 Å². The monoisotopic (exact) mass is 774 g/mol. The number of nitrogens with zero attached hydrogens (tertiary/aromatic N) is 2. The molecular weight excluding hydrogens is 739 g/mol. The molecule has 11 aromatic rings. The first-order valence-electron chi connectivity index (χ1n) is 20.1. The Bertz CT molecular complexity index is 3250.